The molecule has 1 unspecified atom stereocenters. The summed E-state index contributed by atoms with van der Waals surface area (Å²) in [6.07, 6.45) is 5.32. The number of aliphatic imine (C=N–C) groups is 1. The number of rotatable bonds is 8. The number of nitrogens with zero attached hydrogens (tertiary/aromatic N) is 3. The van der Waals surface area contributed by atoms with Crippen LogP contribution in [0.15, 0.2) is 27.8 Å². The average Bonchev–Trinajstić information content (AvgIpc) is 3.11. The van der Waals surface area contributed by atoms with Crippen LogP contribution in [0.5, 0.6) is 0 Å². The molecule has 6 nitrogen and oxygen atoms in total. The molecule has 1 aromatic heterocycles. The lowest BCUT2D eigenvalue weighted by Gasteiger charge is -2.33. The van der Waals surface area contributed by atoms with E-state index in [2.05, 4.69) is 48.4 Å². The number of piperidine rings is 1. The zero-order valence-corrected chi connectivity index (χ0v) is 16.3. The highest BCUT2D eigenvalue weighted by Crippen LogP contribution is 2.19. The van der Waals surface area contributed by atoms with Gasteiger partial charge in [-0.05, 0) is 59.0 Å². The topological polar surface area (TPSA) is 56.0 Å². The number of likely N-dealkylation sites (tertiary alicyclic amines) is 1. The third-order valence-electron chi connectivity index (χ3n) is 4.73. The lowest BCUT2D eigenvalue weighted by atomic mass is 10.1. The summed E-state index contributed by atoms with van der Waals surface area (Å²) in [5, 5.41) is 7.00. The quantitative estimate of drug-likeness (QED) is 0.557. The van der Waals surface area contributed by atoms with E-state index in [1.54, 1.807) is 6.26 Å². The third-order valence-corrected chi connectivity index (χ3v) is 4.73. The summed E-state index contributed by atoms with van der Waals surface area (Å²) in [5.41, 5.74) is 0. The predicted octanol–water partition coefficient (Wildman–Crippen LogP) is 2.31. The van der Waals surface area contributed by atoms with Crippen LogP contribution in [0.4, 0.5) is 0 Å². The lowest BCUT2D eigenvalue weighted by molar-refractivity contribution is 0.206. The smallest absolute Gasteiger partial charge is 0.191 e. The van der Waals surface area contributed by atoms with Gasteiger partial charge in [0.05, 0.1) is 18.8 Å². The summed E-state index contributed by atoms with van der Waals surface area (Å²) in [6.45, 7) is 9.47. The zero-order valence-electron chi connectivity index (χ0n) is 16.3. The van der Waals surface area contributed by atoms with Crippen molar-refractivity contribution in [1.29, 1.82) is 0 Å². The molecular formula is C19H35N5O. The molecule has 2 rings (SSSR count). The maximum atomic E-state index is 5.58. The molecular weight excluding hydrogens is 314 g/mol. The Morgan fingerprint density at radius 1 is 1.36 bits per heavy atom. The van der Waals surface area contributed by atoms with E-state index in [4.69, 9.17) is 9.41 Å². The number of guanidine groups is 1. The van der Waals surface area contributed by atoms with Crippen LogP contribution in [0.1, 0.15) is 44.9 Å². The van der Waals surface area contributed by atoms with Crippen LogP contribution < -0.4 is 10.6 Å². The normalized spacial score (nSPS) is 18.5. The minimum absolute atomic E-state index is 0.150. The highest BCUT2D eigenvalue weighted by molar-refractivity contribution is 5.80. The van der Waals surface area contributed by atoms with Gasteiger partial charge in [0.15, 0.2) is 5.96 Å². The van der Waals surface area contributed by atoms with Gasteiger partial charge in [-0.3, -0.25) is 9.89 Å². The van der Waals surface area contributed by atoms with Crippen molar-refractivity contribution in [3.8, 4) is 0 Å². The lowest BCUT2D eigenvalue weighted by Crippen LogP contribution is -2.49. The van der Waals surface area contributed by atoms with Crippen molar-refractivity contribution < 1.29 is 4.42 Å². The molecule has 0 amide bonds. The minimum Gasteiger partial charge on any atom is -0.468 e. The van der Waals surface area contributed by atoms with Gasteiger partial charge < -0.3 is 20.0 Å². The number of furan rings is 1. The van der Waals surface area contributed by atoms with Crippen LogP contribution >= 0.6 is 0 Å². The number of hydrogen-bond donors (Lipinski definition) is 2. The monoisotopic (exact) mass is 349 g/mol. The first kappa shape index (κ1) is 19.8. The Labute approximate surface area is 152 Å². The number of nitrogens with one attached hydrogen (secondary N) is 2. The Hall–Kier alpha value is -1.53. The summed E-state index contributed by atoms with van der Waals surface area (Å²) in [4.78, 5) is 9.52. The highest BCUT2D eigenvalue weighted by Gasteiger charge is 2.20. The number of hydrogen-bond acceptors (Lipinski definition) is 4. The maximum absolute atomic E-state index is 5.58. The molecule has 0 saturated carbocycles. The molecule has 0 bridgehead atoms. The van der Waals surface area contributed by atoms with Gasteiger partial charge in [-0.2, -0.15) is 0 Å². The van der Waals surface area contributed by atoms with Crippen LogP contribution in [0.3, 0.4) is 0 Å². The van der Waals surface area contributed by atoms with Gasteiger partial charge in [0.1, 0.15) is 5.76 Å². The van der Waals surface area contributed by atoms with E-state index in [9.17, 15) is 0 Å². The van der Waals surface area contributed by atoms with Gasteiger partial charge in [-0.15, -0.1) is 0 Å². The summed E-state index contributed by atoms with van der Waals surface area (Å²) >= 11 is 0. The summed E-state index contributed by atoms with van der Waals surface area (Å²) in [7, 11) is 4.12. The molecule has 1 aliphatic rings. The molecule has 0 radical (unpaired) electrons. The van der Waals surface area contributed by atoms with Crippen LogP contribution in [0.2, 0.25) is 0 Å². The molecule has 0 aliphatic carbocycles. The van der Waals surface area contributed by atoms with Gasteiger partial charge in [0.25, 0.3) is 0 Å². The summed E-state index contributed by atoms with van der Waals surface area (Å²) in [5.74, 6) is 1.87. The van der Waals surface area contributed by atoms with Crippen LogP contribution in [0, 0.1) is 0 Å². The highest BCUT2D eigenvalue weighted by atomic mass is 16.3. The largest absolute Gasteiger partial charge is 0.468 e. The van der Waals surface area contributed by atoms with Crippen molar-refractivity contribution in [1.82, 2.24) is 20.4 Å². The first-order chi connectivity index (χ1) is 12.1. The molecule has 1 aliphatic heterocycles. The van der Waals surface area contributed by atoms with Gasteiger partial charge in [-0.1, -0.05) is 6.92 Å². The fourth-order valence-corrected chi connectivity index (χ4v) is 3.30. The van der Waals surface area contributed by atoms with Crippen LogP contribution in [-0.4, -0.2) is 68.6 Å². The van der Waals surface area contributed by atoms with Crippen molar-refractivity contribution in [2.24, 2.45) is 4.99 Å². The first-order valence-corrected chi connectivity index (χ1v) is 9.61. The average molecular weight is 350 g/mol. The van der Waals surface area contributed by atoms with E-state index in [1.165, 1.54) is 38.9 Å². The van der Waals surface area contributed by atoms with Crippen molar-refractivity contribution >= 4 is 5.96 Å². The molecule has 0 aromatic carbocycles. The molecule has 2 N–H and O–H groups in total. The third kappa shape index (κ3) is 6.36. The molecule has 2 heterocycles. The van der Waals surface area contributed by atoms with Gasteiger partial charge in [-0.25, -0.2) is 0 Å². The molecule has 25 heavy (non-hydrogen) atoms. The fourth-order valence-electron chi connectivity index (χ4n) is 3.30. The molecule has 0 spiro atoms. The molecule has 1 fully saturated rings. The van der Waals surface area contributed by atoms with Crippen molar-refractivity contribution in [3.63, 3.8) is 0 Å². The molecule has 1 saturated heterocycles. The van der Waals surface area contributed by atoms with E-state index in [-0.39, 0.29) is 6.04 Å². The Morgan fingerprint density at radius 3 is 2.68 bits per heavy atom. The van der Waals surface area contributed by atoms with E-state index < -0.39 is 0 Å². The van der Waals surface area contributed by atoms with Crippen LogP contribution in [-0.2, 0) is 0 Å². The first-order valence-electron chi connectivity index (χ1n) is 9.61. The standard InChI is InChI=1S/C19H35N5O/c1-5-11-24-12-9-16(10-13-24)22-19(20-6-2)21-15-17(23(3)4)18-8-7-14-25-18/h7-8,14,16-17H,5-6,9-13,15H2,1-4H3,(H2,20,21,22). The Morgan fingerprint density at radius 2 is 2.12 bits per heavy atom. The Bertz CT molecular complexity index is 492. The SMILES string of the molecule is CCCN1CCC(NC(=NCC(c2ccco2)N(C)C)NCC)CC1. The summed E-state index contributed by atoms with van der Waals surface area (Å²) in [6, 6.07) is 4.61. The van der Waals surface area contributed by atoms with E-state index >= 15 is 0 Å². The van der Waals surface area contributed by atoms with Gasteiger partial charge >= 0.3 is 0 Å². The molecule has 1 atom stereocenters. The zero-order chi connectivity index (χ0) is 18.1. The van der Waals surface area contributed by atoms with Gasteiger partial charge in [0.2, 0.25) is 0 Å². The predicted molar refractivity (Wildman–Crippen MR) is 104 cm³/mol. The second-order valence-electron chi connectivity index (χ2n) is 6.97. The molecule has 142 valence electrons. The Kier molecular flexibility index (Phi) is 8.28. The second-order valence-corrected chi connectivity index (χ2v) is 6.97. The fraction of sp³-hybridized carbons (Fsp3) is 0.737. The van der Waals surface area contributed by atoms with E-state index in [0.29, 0.717) is 12.6 Å². The molecule has 6 heteroatoms. The summed E-state index contributed by atoms with van der Waals surface area (Å²) < 4.78 is 5.58. The van der Waals surface area contributed by atoms with E-state index in [1.807, 2.05) is 12.1 Å². The van der Waals surface area contributed by atoms with Crippen molar-refractivity contribution in [2.75, 3.05) is 46.8 Å². The molecule has 1 aromatic rings. The Balaban J connectivity index is 1.91. The van der Waals surface area contributed by atoms with Crippen molar-refractivity contribution in [2.45, 2.75) is 45.2 Å². The van der Waals surface area contributed by atoms with E-state index in [0.717, 1.165) is 18.3 Å². The van der Waals surface area contributed by atoms with Crippen molar-refractivity contribution in [3.05, 3.63) is 24.2 Å². The van der Waals surface area contributed by atoms with Crippen LogP contribution in [0.25, 0.3) is 0 Å². The second kappa shape index (κ2) is 10.5. The maximum Gasteiger partial charge on any atom is 0.191 e. The number of likely N-dealkylation sites (N-methyl/N-ethyl adjacent to an activating group) is 1. The minimum atomic E-state index is 0.150. The van der Waals surface area contributed by atoms with Gasteiger partial charge in [0, 0.05) is 25.7 Å².